The minimum atomic E-state index is -3.90. The maximum Gasteiger partial charge on any atom is 0.257 e. The average Bonchev–Trinajstić information content (AvgIpc) is 3.33. The Balaban J connectivity index is 1.57. The second kappa shape index (κ2) is 6.90. The predicted octanol–water partition coefficient (Wildman–Crippen LogP) is 3.51. The summed E-state index contributed by atoms with van der Waals surface area (Å²) in [5, 5.41) is 10.1. The molecule has 0 aliphatic carbocycles. The number of aromatic nitrogens is 2. The second-order valence-corrected chi connectivity index (χ2v) is 8.91. The Morgan fingerprint density at radius 3 is 2.81 bits per heavy atom. The van der Waals surface area contributed by atoms with Gasteiger partial charge in [-0.3, -0.25) is 0 Å². The van der Waals surface area contributed by atoms with Crippen molar-refractivity contribution in [2.24, 2.45) is 0 Å². The molecule has 1 aliphatic rings. The van der Waals surface area contributed by atoms with E-state index in [0.717, 1.165) is 17.4 Å². The van der Waals surface area contributed by atoms with Gasteiger partial charge in [0.2, 0.25) is 15.9 Å². The number of thiophene rings is 1. The van der Waals surface area contributed by atoms with Crippen molar-refractivity contribution in [3.63, 3.8) is 0 Å². The minimum absolute atomic E-state index is 0.197. The molecule has 9 heteroatoms. The molecule has 0 spiro atoms. The van der Waals surface area contributed by atoms with Crippen LogP contribution in [0.4, 0.5) is 4.39 Å². The van der Waals surface area contributed by atoms with Crippen LogP contribution in [0, 0.1) is 5.82 Å². The van der Waals surface area contributed by atoms with Crippen LogP contribution in [0.15, 0.2) is 51.1 Å². The number of benzene rings is 1. The molecule has 136 valence electrons. The maximum atomic E-state index is 14.0. The summed E-state index contributed by atoms with van der Waals surface area (Å²) in [7, 11) is -3.90. The van der Waals surface area contributed by atoms with Crippen LogP contribution in [0.3, 0.4) is 0 Å². The van der Waals surface area contributed by atoms with Gasteiger partial charge in [-0.15, -0.1) is 21.5 Å². The molecule has 3 aromatic rings. The summed E-state index contributed by atoms with van der Waals surface area (Å²) >= 11 is 1.50. The fourth-order valence-corrected chi connectivity index (χ4v) is 5.29. The fraction of sp³-hybridized carbons (Fsp3) is 0.294. The van der Waals surface area contributed by atoms with Gasteiger partial charge in [0.25, 0.3) is 5.89 Å². The highest BCUT2D eigenvalue weighted by atomic mass is 32.2. The SMILES string of the molecule is O=S(=O)(c1ccccc1F)N1CCCC(c2nnc(-c3cccs3)o2)C1. The summed E-state index contributed by atoms with van der Waals surface area (Å²) in [6.45, 7) is 0.543. The molecular formula is C17H16FN3O3S2. The number of nitrogens with zero attached hydrogens (tertiary/aromatic N) is 3. The number of rotatable bonds is 4. The lowest BCUT2D eigenvalue weighted by Gasteiger charge is -2.30. The molecule has 1 aromatic carbocycles. The van der Waals surface area contributed by atoms with E-state index in [4.69, 9.17) is 4.42 Å². The lowest BCUT2D eigenvalue weighted by molar-refractivity contribution is 0.285. The van der Waals surface area contributed by atoms with E-state index >= 15 is 0 Å². The van der Waals surface area contributed by atoms with E-state index in [1.54, 1.807) is 0 Å². The zero-order chi connectivity index (χ0) is 18.1. The van der Waals surface area contributed by atoms with E-state index in [9.17, 15) is 12.8 Å². The summed E-state index contributed by atoms with van der Waals surface area (Å²) in [6.07, 6.45) is 1.39. The Hall–Kier alpha value is -2.10. The molecule has 1 fully saturated rings. The van der Waals surface area contributed by atoms with Crippen molar-refractivity contribution in [3.05, 3.63) is 53.5 Å². The Morgan fingerprint density at radius 2 is 2.04 bits per heavy atom. The third-order valence-corrected chi connectivity index (χ3v) is 7.12. The van der Waals surface area contributed by atoms with Crippen molar-refractivity contribution in [1.29, 1.82) is 0 Å². The van der Waals surface area contributed by atoms with Gasteiger partial charge in [0.05, 0.1) is 10.8 Å². The number of hydrogen-bond donors (Lipinski definition) is 0. The van der Waals surface area contributed by atoms with E-state index in [1.807, 2.05) is 17.5 Å². The van der Waals surface area contributed by atoms with E-state index in [2.05, 4.69) is 10.2 Å². The zero-order valence-corrected chi connectivity index (χ0v) is 15.3. The van der Waals surface area contributed by atoms with Crippen molar-refractivity contribution in [2.75, 3.05) is 13.1 Å². The molecule has 0 bridgehead atoms. The summed E-state index contributed by atoms with van der Waals surface area (Å²) in [5.74, 6) is -0.0928. The standard InChI is InChI=1S/C17H16FN3O3S2/c18-13-6-1-2-8-15(13)26(22,23)21-9-3-5-12(11-21)16-19-20-17(24-16)14-7-4-10-25-14/h1-2,4,6-8,10,12H,3,5,9,11H2. The lowest BCUT2D eigenvalue weighted by Crippen LogP contribution is -2.39. The molecular weight excluding hydrogens is 377 g/mol. The first-order valence-electron chi connectivity index (χ1n) is 8.17. The van der Waals surface area contributed by atoms with Crippen LogP contribution >= 0.6 is 11.3 Å². The minimum Gasteiger partial charge on any atom is -0.420 e. The number of halogens is 1. The topological polar surface area (TPSA) is 76.3 Å². The fourth-order valence-electron chi connectivity index (χ4n) is 3.05. The smallest absolute Gasteiger partial charge is 0.257 e. The normalized spacial score (nSPS) is 18.9. The van der Waals surface area contributed by atoms with Crippen molar-refractivity contribution in [2.45, 2.75) is 23.7 Å². The number of hydrogen-bond acceptors (Lipinski definition) is 6. The summed E-state index contributed by atoms with van der Waals surface area (Å²) < 4.78 is 46.6. The molecule has 6 nitrogen and oxygen atoms in total. The molecule has 2 aromatic heterocycles. The highest BCUT2D eigenvalue weighted by molar-refractivity contribution is 7.89. The molecule has 0 N–H and O–H groups in total. The predicted molar refractivity (Wildman–Crippen MR) is 94.7 cm³/mol. The van der Waals surface area contributed by atoms with Crippen LogP contribution in [0.2, 0.25) is 0 Å². The van der Waals surface area contributed by atoms with Gasteiger partial charge in [0.15, 0.2) is 0 Å². The van der Waals surface area contributed by atoms with Gasteiger partial charge in [-0.25, -0.2) is 12.8 Å². The van der Waals surface area contributed by atoms with Gasteiger partial charge in [-0.2, -0.15) is 4.31 Å². The molecule has 0 radical (unpaired) electrons. The van der Waals surface area contributed by atoms with Crippen molar-refractivity contribution in [3.8, 4) is 10.8 Å². The molecule has 0 saturated carbocycles. The van der Waals surface area contributed by atoms with Crippen molar-refractivity contribution in [1.82, 2.24) is 14.5 Å². The average molecular weight is 393 g/mol. The van der Waals surface area contributed by atoms with Gasteiger partial charge in [-0.05, 0) is 36.4 Å². The molecule has 26 heavy (non-hydrogen) atoms. The molecule has 1 unspecified atom stereocenters. The molecule has 0 amide bonds. The number of sulfonamides is 1. The van der Waals surface area contributed by atoms with Crippen LogP contribution in [0.25, 0.3) is 10.8 Å². The molecule has 1 atom stereocenters. The first kappa shape index (κ1) is 17.3. The van der Waals surface area contributed by atoms with Crippen LogP contribution < -0.4 is 0 Å². The highest BCUT2D eigenvalue weighted by Gasteiger charge is 2.34. The third-order valence-electron chi connectivity index (χ3n) is 4.36. The van der Waals surface area contributed by atoms with Crippen LogP contribution in [0.5, 0.6) is 0 Å². The van der Waals surface area contributed by atoms with Gasteiger partial charge < -0.3 is 4.42 Å². The van der Waals surface area contributed by atoms with Gasteiger partial charge in [-0.1, -0.05) is 18.2 Å². The third kappa shape index (κ3) is 3.17. The summed E-state index contributed by atoms with van der Waals surface area (Å²) in [4.78, 5) is 0.570. The maximum absolute atomic E-state index is 14.0. The van der Waals surface area contributed by atoms with Crippen LogP contribution in [-0.2, 0) is 10.0 Å². The number of piperidine rings is 1. The van der Waals surface area contributed by atoms with Gasteiger partial charge in [0.1, 0.15) is 10.7 Å². The second-order valence-electron chi connectivity index (χ2n) is 6.06. The summed E-state index contributed by atoms with van der Waals surface area (Å²) in [6, 6.07) is 9.21. The Kier molecular flexibility index (Phi) is 4.60. The Bertz CT molecular complexity index is 1000. The lowest BCUT2D eigenvalue weighted by atomic mass is 10.00. The molecule has 4 rings (SSSR count). The van der Waals surface area contributed by atoms with Crippen molar-refractivity contribution >= 4 is 21.4 Å². The Morgan fingerprint density at radius 1 is 1.19 bits per heavy atom. The molecule has 3 heterocycles. The quantitative estimate of drug-likeness (QED) is 0.678. The van der Waals surface area contributed by atoms with Gasteiger partial charge in [0, 0.05) is 13.1 Å². The largest absolute Gasteiger partial charge is 0.420 e. The van der Waals surface area contributed by atoms with Gasteiger partial charge >= 0.3 is 0 Å². The van der Waals surface area contributed by atoms with E-state index in [1.165, 1.54) is 33.8 Å². The van der Waals surface area contributed by atoms with Crippen LogP contribution in [-0.4, -0.2) is 36.0 Å². The Labute approximate surface area is 154 Å². The van der Waals surface area contributed by atoms with E-state index < -0.39 is 15.8 Å². The zero-order valence-electron chi connectivity index (χ0n) is 13.7. The van der Waals surface area contributed by atoms with E-state index in [-0.39, 0.29) is 17.4 Å². The van der Waals surface area contributed by atoms with Crippen molar-refractivity contribution < 1.29 is 17.2 Å². The molecule has 1 saturated heterocycles. The molecule has 1 aliphatic heterocycles. The monoisotopic (exact) mass is 393 g/mol. The first-order chi connectivity index (χ1) is 12.6. The highest BCUT2D eigenvalue weighted by Crippen LogP contribution is 2.32. The van der Waals surface area contributed by atoms with Crippen LogP contribution in [0.1, 0.15) is 24.7 Å². The summed E-state index contributed by atoms with van der Waals surface area (Å²) in [5.41, 5.74) is 0. The van der Waals surface area contributed by atoms with E-state index in [0.29, 0.717) is 24.7 Å². The first-order valence-corrected chi connectivity index (χ1v) is 10.5.